The van der Waals surface area contributed by atoms with Crippen LogP contribution < -0.4 is 4.90 Å². The minimum Gasteiger partial charge on any atom is -0.477 e. The molecule has 0 bridgehead atoms. The number of fused-ring (bicyclic) bond motifs is 2. The van der Waals surface area contributed by atoms with Crippen molar-refractivity contribution in [2.75, 3.05) is 4.90 Å². The van der Waals surface area contributed by atoms with Gasteiger partial charge in [-0.25, -0.2) is 29.4 Å². The third-order valence-corrected chi connectivity index (χ3v) is 4.27. The minimum atomic E-state index is -1.09. The molecule has 1 N–H and O–H groups in total. The third kappa shape index (κ3) is 2.12. The Balaban J connectivity index is 1.57. The number of nitrogens with zero attached hydrogens (tertiary/aromatic N) is 8. The average Bonchev–Trinajstić information content (AvgIpc) is 3.36. The van der Waals surface area contributed by atoms with E-state index in [0.717, 1.165) is 11.3 Å². The van der Waals surface area contributed by atoms with Gasteiger partial charge in [-0.05, 0) is 6.07 Å². The first-order chi connectivity index (χ1) is 12.7. The number of hydrogen-bond acceptors (Lipinski definition) is 7. The van der Waals surface area contributed by atoms with Crippen LogP contribution in [-0.2, 0) is 13.1 Å². The van der Waals surface area contributed by atoms with Gasteiger partial charge >= 0.3 is 5.97 Å². The maximum absolute atomic E-state index is 11.4. The predicted molar refractivity (Wildman–Crippen MR) is 89.0 cm³/mol. The number of aromatic carboxylic acids is 1. The molecule has 128 valence electrons. The molecule has 0 aromatic carbocycles. The van der Waals surface area contributed by atoms with Crippen molar-refractivity contribution in [3.8, 4) is 5.95 Å². The second-order valence-electron chi connectivity index (χ2n) is 5.84. The maximum Gasteiger partial charge on any atom is 0.354 e. The summed E-state index contributed by atoms with van der Waals surface area (Å²) in [5.74, 6) is -0.0675. The average molecular weight is 348 g/mol. The van der Waals surface area contributed by atoms with Gasteiger partial charge in [0.05, 0.1) is 18.4 Å². The van der Waals surface area contributed by atoms with Gasteiger partial charge < -0.3 is 10.0 Å². The lowest BCUT2D eigenvalue weighted by Gasteiger charge is -2.18. The van der Waals surface area contributed by atoms with Gasteiger partial charge in [0.2, 0.25) is 5.95 Å². The molecular formula is C16H12N8O2. The fourth-order valence-corrected chi connectivity index (χ4v) is 3.10. The zero-order valence-corrected chi connectivity index (χ0v) is 13.4. The normalized spacial score (nSPS) is 13.3. The summed E-state index contributed by atoms with van der Waals surface area (Å²) in [7, 11) is 0. The molecule has 0 radical (unpaired) electrons. The van der Waals surface area contributed by atoms with Crippen LogP contribution >= 0.6 is 0 Å². The lowest BCUT2D eigenvalue weighted by molar-refractivity contribution is 0.0690. The first-order valence-electron chi connectivity index (χ1n) is 7.86. The Morgan fingerprint density at radius 2 is 1.96 bits per heavy atom. The van der Waals surface area contributed by atoms with E-state index in [4.69, 9.17) is 0 Å². The summed E-state index contributed by atoms with van der Waals surface area (Å²) < 4.78 is 3.47. The van der Waals surface area contributed by atoms with E-state index < -0.39 is 5.97 Å². The van der Waals surface area contributed by atoms with Crippen molar-refractivity contribution in [3.63, 3.8) is 0 Å². The second-order valence-corrected chi connectivity index (χ2v) is 5.84. The van der Waals surface area contributed by atoms with Gasteiger partial charge in [0.15, 0.2) is 5.69 Å². The SMILES string of the molecule is O=C(O)c1cc2nccn2c(N2Cc3cnn(-c4ncccn4)c3C2)n1. The lowest BCUT2D eigenvalue weighted by Crippen LogP contribution is -2.22. The molecule has 26 heavy (non-hydrogen) atoms. The fraction of sp³-hybridized carbons (Fsp3) is 0.125. The highest BCUT2D eigenvalue weighted by molar-refractivity contribution is 5.87. The van der Waals surface area contributed by atoms with Gasteiger partial charge in [-0.3, -0.25) is 4.40 Å². The predicted octanol–water partition coefficient (Wildman–Crippen LogP) is 0.923. The highest BCUT2D eigenvalue weighted by atomic mass is 16.4. The van der Waals surface area contributed by atoms with Crippen LogP contribution in [0.3, 0.4) is 0 Å². The van der Waals surface area contributed by atoms with Gasteiger partial charge in [-0.2, -0.15) is 5.10 Å². The van der Waals surface area contributed by atoms with Gasteiger partial charge in [0.25, 0.3) is 5.95 Å². The van der Waals surface area contributed by atoms with Crippen molar-refractivity contribution in [1.29, 1.82) is 0 Å². The molecule has 0 fully saturated rings. The zero-order valence-electron chi connectivity index (χ0n) is 13.4. The molecule has 0 amide bonds. The van der Waals surface area contributed by atoms with E-state index in [-0.39, 0.29) is 5.69 Å². The molecule has 1 aliphatic heterocycles. The molecule has 10 heteroatoms. The molecule has 0 saturated heterocycles. The number of aromatic nitrogens is 7. The largest absolute Gasteiger partial charge is 0.477 e. The van der Waals surface area contributed by atoms with E-state index in [9.17, 15) is 9.90 Å². The van der Waals surface area contributed by atoms with Crippen molar-refractivity contribution < 1.29 is 9.90 Å². The highest BCUT2D eigenvalue weighted by Crippen LogP contribution is 2.28. The Labute approximate surface area is 146 Å². The van der Waals surface area contributed by atoms with E-state index in [1.54, 1.807) is 46.1 Å². The second kappa shape index (κ2) is 5.34. The van der Waals surface area contributed by atoms with Crippen LogP contribution in [-0.4, -0.2) is 45.2 Å². The molecule has 1 aliphatic rings. The Morgan fingerprint density at radius 1 is 1.12 bits per heavy atom. The number of hydrogen-bond donors (Lipinski definition) is 1. The van der Waals surface area contributed by atoms with Gasteiger partial charge in [-0.1, -0.05) is 0 Å². The topological polar surface area (TPSA) is 114 Å². The molecule has 10 nitrogen and oxygen atoms in total. The Bertz CT molecular complexity index is 1130. The van der Waals surface area contributed by atoms with Crippen LogP contribution in [0.4, 0.5) is 5.95 Å². The molecule has 4 aromatic heterocycles. The van der Waals surface area contributed by atoms with Crippen LogP contribution in [0.15, 0.2) is 43.1 Å². The minimum absolute atomic E-state index is 0.0392. The maximum atomic E-state index is 11.4. The van der Waals surface area contributed by atoms with Gasteiger partial charge in [0.1, 0.15) is 5.65 Å². The van der Waals surface area contributed by atoms with Crippen LogP contribution in [0, 0.1) is 0 Å². The molecule has 0 aliphatic carbocycles. The monoisotopic (exact) mass is 348 g/mol. The number of rotatable bonds is 3. The summed E-state index contributed by atoms with van der Waals surface area (Å²) >= 11 is 0. The first kappa shape index (κ1) is 14.5. The molecular weight excluding hydrogens is 336 g/mol. The summed E-state index contributed by atoms with van der Waals surface area (Å²) in [5, 5.41) is 13.7. The quantitative estimate of drug-likeness (QED) is 0.581. The lowest BCUT2D eigenvalue weighted by atomic mass is 10.3. The van der Waals surface area contributed by atoms with Crippen LogP contribution in [0.5, 0.6) is 0 Å². The van der Waals surface area contributed by atoms with E-state index in [2.05, 4.69) is 25.0 Å². The van der Waals surface area contributed by atoms with Crippen LogP contribution in [0.2, 0.25) is 0 Å². The van der Waals surface area contributed by atoms with E-state index in [0.29, 0.717) is 30.6 Å². The molecule has 0 spiro atoms. The van der Waals surface area contributed by atoms with Crippen LogP contribution in [0.25, 0.3) is 11.6 Å². The third-order valence-electron chi connectivity index (χ3n) is 4.27. The fourth-order valence-electron chi connectivity index (χ4n) is 3.10. The van der Waals surface area contributed by atoms with Gasteiger partial charge in [-0.15, -0.1) is 0 Å². The van der Waals surface area contributed by atoms with Crippen molar-refractivity contribution in [2.24, 2.45) is 0 Å². The van der Waals surface area contributed by atoms with Crippen LogP contribution in [0.1, 0.15) is 21.7 Å². The van der Waals surface area contributed by atoms with Crippen molar-refractivity contribution in [1.82, 2.24) is 34.1 Å². The number of anilines is 1. The Kier molecular flexibility index (Phi) is 2.98. The number of imidazole rings is 1. The first-order valence-corrected chi connectivity index (χ1v) is 7.86. The molecule has 0 unspecified atom stereocenters. The summed E-state index contributed by atoms with van der Waals surface area (Å²) in [4.78, 5) is 30.3. The Morgan fingerprint density at radius 3 is 2.77 bits per heavy atom. The number of carboxylic acids is 1. The molecule has 0 saturated carbocycles. The van der Waals surface area contributed by atoms with Gasteiger partial charge in [0, 0.05) is 43.0 Å². The number of carbonyl (C=O) groups is 1. The standard InChI is InChI=1S/C16H12N8O2/c25-14(26)11-6-13-17-4-5-23(13)16(21-11)22-8-10-7-20-24(12(10)9-22)15-18-2-1-3-19-15/h1-7H,8-9H2,(H,25,26). The summed E-state index contributed by atoms with van der Waals surface area (Å²) in [6, 6.07) is 3.20. The molecule has 5 heterocycles. The van der Waals surface area contributed by atoms with E-state index in [1.165, 1.54) is 6.07 Å². The van der Waals surface area contributed by atoms with Crippen molar-refractivity contribution >= 4 is 17.6 Å². The van der Waals surface area contributed by atoms with Crippen molar-refractivity contribution in [2.45, 2.75) is 13.1 Å². The Hall–Kier alpha value is -3.82. The van der Waals surface area contributed by atoms with Crippen molar-refractivity contribution in [3.05, 3.63) is 60.1 Å². The van der Waals surface area contributed by atoms with E-state index >= 15 is 0 Å². The molecule has 5 rings (SSSR count). The smallest absolute Gasteiger partial charge is 0.354 e. The van der Waals surface area contributed by atoms with E-state index in [1.807, 2.05) is 4.90 Å². The zero-order chi connectivity index (χ0) is 17.7. The summed E-state index contributed by atoms with van der Waals surface area (Å²) in [6.07, 6.45) is 8.48. The number of carboxylic acid groups (broad SMARTS) is 1. The summed E-state index contributed by atoms with van der Waals surface area (Å²) in [5.41, 5.74) is 2.47. The molecule has 4 aromatic rings. The molecule has 0 atom stereocenters. The summed E-state index contributed by atoms with van der Waals surface area (Å²) in [6.45, 7) is 1.07. The highest BCUT2D eigenvalue weighted by Gasteiger charge is 2.28.